The molecule has 0 aliphatic carbocycles. The number of aromatic nitrogens is 1. The number of aromatic amines is 1. The minimum Gasteiger partial charge on any atom is -0.360 e. The largest absolute Gasteiger partial charge is 0.360 e. The van der Waals surface area contributed by atoms with Crippen LogP contribution in [0, 0.1) is 0 Å². The lowest BCUT2D eigenvalue weighted by molar-refractivity contribution is 0.112. The summed E-state index contributed by atoms with van der Waals surface area (Å²) in [5.41, 5.74) is 4.29. The summed E-state index contributed by atoms with van der Waals surface area (Å²) in [7, 11) is 0. The lowest BCUT2D eigenvalue weighted by Crippen LogP contribution is -2.08. The average Bonchev–Trinajstić information content (AvgIpc) is 2.97. The second kappa shape index (κ2) is 5.63. The zero-order chi connectivity index (χ0) is 14.7. The lowest BCUT2D eigenvalue weighted by Gasteiger charge is -2.05. The standard InChI is InChI=1S/C17H15N3O/c18-20-16(9-12-5-2-1-3-6-12)14-10-19-15-8-4-7-13(11-21)17(14)15/h1-8,10-11,19H,9,18H2/b20-16-. The number of hydrogen-bond acceptors (Lipinski definition) is 3. The van der Waals surface area contributed by atoms with Crippen LogP contribution < -0.4 is 5.84 Å². The summed E-state index contributed by atoms with van der Waals surface area (Å²) >= 11 is 0. The Morgan fingerprint density at radius 1 is 1.14 bits per heavy atom. The van der Waals surface area contributed by atoms with Crippen molar-refractivity contribution in [2.24, 2.45) is 10.9 Å². The number of rotatable bonds is 4. The monoisotopic (exact) mass is 277 g/mol. The van der Waals surface area contributed by atoms with Crippen molar-refractivity contribution in [2.45, 2.75) is 6.42 Å². The Labute approximate surface area is 122 Å². The highest BCUT2D eigenvalue weighted by molar-refractivity contribution is 6.15. The Morgan fingerprint density at radius 2 is 1.95 bits per heavy atom. The number of carbonyl (C=O) groups is 1. The van der Waals surface area contributed by atoms with Crippen molar-refractivity contribution in [1.82, 2.24) is 4.98 Å². The van der Waals surface area contributed by atoms with Crippen molar-refractivity contribution < 1.29 is 4.79 Å². The average molecular weight is 277 g/mol. The molecule has 0 unspecified atom stereocenters. The number of fused-ring (bicyclic) bond motifs is 1. The van der Waals surface area contributed by atoms with Crippen molar-refractivity contribution in [3.05, 3.63) is 71.4 Å². The molecule has 1 heterocycles. The first-order valence-electron chi connectivity index (χ1n) is 6.70. The summed E-state index contributed by atoms with van der Waals surface area (Å²) in [5, 5.41) is 4.80. The van der Waals surface area contributed by atoms with Gasteiger partial charge in [0, 0.05) is 34.6 Å². The van der Waals surface area contributed by atoms with Gasteiger partial charge in [0.2, 0.25) is 0 Å². The van der Waals surface area contributed by atoms with E-state index >= 15 is 0 Å². The zero-order valence-corrected chi connectivity index (χ0v) is 11.4. The third-order valence-corrected chi connectivity index (χ3v) is 3.55. The number of nitrogens with zero attached hydrogens (tertiary/aromatic N) is 1. The van der Waals surface area contributed by atoms with Crippen molar-refractivity contribution in [2.75, 3.05) is 0 Å². The molecule has 0 atom stereocenters. The molecule has 0 spiro atoms. The van der Waals surface area contributed by atoms with Crippen molar-refractivity contribution in [3.63, 3.8) is 0 Å². The zero-order valence-electron chi connectivity index (χ0n) is 11.4. The number of H-pyrrole nitrogens is 1. The van der Waals surface area contributed by atoms with E-state index in [0.29, 0.717) is 12.0 Å². The smallest absolute Gasteiger partial charge is 0.150 e. The molecule has 0 saturated carbocycles. The van der Waals surface area contributed by atoms with E-state index in [1.807, 2.05) is 48.7 Å². The van der Waals surface area contributed by atoms with Crippen LogP contribution in [0.25, 0.3) is 10.9 Å². The Morgan fingerprint density at radius 3 is 2.67 bits per heavy atom. The summed E-state index contributed by atoms with van der Waals surface area (Å²) in [5.74, 6) is 5.58. The van der Waals surface area contributed by atoms with E-state index < -0.39 is 0 Å². The number of hydrazone groups is 1. The fraction of sp³-hybridized carbons (Fsp3) is 0.0588. The van der Waals surface area contributed by atoms with Gasteiger partial charge in [0.25, 0.3) is 0 Å². The van der Waals surface area contributed by atoms with Gasteiger partial charge in [-0.15, -0.1) is 0 Å². The van der Waals surface area contributed by atoms with E-state index in [0.717, 1.165) is 34.0 Å². The van der Waals surface area contributed by atoms with Crippen molar-refractivity contribution >= 4 is 22.9 Å². The number of nitrogens with two attached hydrogens (primary N) is 1. The second-order valence-corrected chi connectivity index (χ2v) is 4.83. The molecule has 0 aliphatic heterocycles. The van der Waals surface area contributed by atoms with E-state index in [-0.39, 0.29) is 0 Å². The minimum atomic E-state index is 0.623. The third kappa shape index (κ3) is 2.43. The van der Waals surface area contributed by atoms with E-state index in [1.165, 1.54) is 0 Å². The van der Waals surface area contributed by atoms with Gasteiger partial charge in [-0.1, -0.05) is 42.5 Å². The van der Waals surface area contributed by atoms with Gasteiger partial charge in [0.15, 0.2) is 6.29 Å². The maximum Gasteiger partial charge on any atom is 0.150 e. The van der Waals surface area contributed by atoms with Gasteiger partial charge in [-0.3, -0.25) is 4.79 Å². The Kier molecular flexibility index (Phi) is 3.51. The topological polar surface area (TPSA) is 71.2 Å². The molecule has 3 rings (SSSR count). The van der Waals surface area contributed by atoms with Crippen molar-refractivity contribution in [3.8, 4) is 0 Å². The van der Waals surface area contributed by atoms with Gasteiger partial charge in [0.05, 0.1) is 5.71 Å². The highest BCUT2D eigenvalue weighted by Crippen LogP contribution is 2.23. The summed E-state index contributed by atoms with van der Waals surface area (Å²) in [6.45, 7) is 0. The summed E-state index contributed by atoms with van der Waals surface area (Å²) in [6.07, 6.45) is 3.33. The fourth-order valence-electron chi connectivity index (χ4n) is 2.54. The van der Waals surface area contributed by atoms with Gasteiger partial charge in [0.1, 0.15) is 0 Å². The Bertz CT molecular complexity index is 803. The highest BCUT2D eigenvalue weighted by atomic mass is 16.1. The Hall–Kier alpha value is -2.88. The van der Waals surface area contributed by atoms with Gasteiger partial charge in [-0.05, 0) is 11.6 Å². The predicted octanol–water partition coefficient (Wildman–Crippen LogP) is 2.89. The second-order valence-electron chi connectivity index (χ2n) is 4.83. The van der Waals surface area contributed by atoms with Crippen LogP contribution in [0.3, 0.4) is 0 Å². The number of benzene rings is 2. The highest BCUT2D eigenvalue weighted by Gasteiger charge is 2.13. The molecule has 104 valence electrons. The molecule has 3 aromatic rings. The van der Waals surface area contributed by atoms with E-state index in [2.05, 4.69) is 10.1 Å². The van der Waals surface area contributed by atoms with Crippen LogP contribution in [0.1, 0.15) is 21.5 Å². The molecule has 0 bridgehead atoms. The van der Waals surface area contributed by atoms with E-state index in [4.69, 9.17) is 5.84 Å². The van der Waals surface area contributed by atoms with Crippen LogP contribution in [-0.4, -0.2) is 17.0 Å². The molecule has 0 amide bonds. The molecule has 21 heavy (non-hydrogen) atoms. The molecule has 0 aliphatic rings. The van der Waals surface area contributed by atoms with Crippen LogP contribution in [0.4, 0.5) is 0 Å². The molecule has 3 N–H and O–H groups in total. The van der Waals surface area contributed by atoms with Gasteiger partial charge in [-0.2, -0.15) is 5.10 Å². The number of nitrogens with one attached hydrogen (secondary N) is 1. The van der Waals surface area contributed by atoms with E-state index in [9.17, 15) is 4.79 Å². The van der Waals surface area contributed by atoms with E-state index in [1.54, 1.807) is 6.07 Å². The van der Waals surface area contributed by atoms with Gasteiger partial charge in [-0.25, -0.2) is 0 Å². The number of aldehydes is 1. The minimum absolute atomic E-state index is 0.623. The molecular formula is C17H15N3O. The SMILES string of the molecule is N/N=C(/Cc1ccccc1)c1c[nH]c2cccc(C=O)c12. The van der Waals surface area contributed by atoms with Crippen LogP contribution in [0.2, 0.25) is 0 Å². The normalized spacial score (nSPS) is 11.7. The fourth-order valence-corrected chi connectivity index (χ4v) is 2.54. The van der Waals surface area contributed by atoms with Crippen LogP contribution in [0.15, 0.2) is 59.8 Å². The lowest BCUT2D eigenvalue weighted by atomic mass is 9.99. The molecule has 4 heteroatoms. The maximum absolute atomic E-state index is 11.3. The first kappa shape index (κ1) is 13.1. The van der Waals surface area contributed by atoms with Gasteiger partial charge < -0.3 is 10.8 Å². The quantitative estimate of drug-likeness (QED) is 0.333. The number of carbonyl (C=O) groups excluding carboxylic acids is 1. The van der Waals surface area contributed by atoms with Crippen LogP contribution in [-0.2, 0) is 6.42 Å². The predicted molar refractivity (Wildman–Crippen MR) is 84.6 cm³/mol. The molecule has 1 aromatic heterocycles. The third-order valence-electron chi connectivity index (χ3n) is 3.55. The summed E-state index contributed by atoms with van der Waals surface area (Å²) in [6, 6.07) is 15.6. The number of hydrogen-bond donors (Lipinski definition) is 2. The molecule has 2 aromatic carbocycles. The molecular weight excluding hydrogens is 262 g/mol. The Balaban J connectivity index is 2.08. The van der Waals surface area contributed by atoms with Crippen LogP contribution in [0.5, 0.6) is 0 Å². The summed E-state index contributed by atoms with van der Waals surface area (Å²) in [4.78, 5) is 14.4. The van der Waals surface area contributed by atoms with Crippen molar-refractivity contribution in [1.29, 1.82) is 0 Å². The molecule has 4 nitrogen and oxygen atoms in total. The first-order valence-corrected chi connectivity index (χ1v) is 6.70. The van der Waals surface area contributed by atoms with Crippen LogP contribution >= 0.6 is 0 Å². The molecule has 0 fully saturated rings. The maximum atomic E-state index is 11.3. The molecule has 0 saturated heterocycles. The molecule has 0 radical (unpaired) electrons. The summed E-state index contributed by atoms with van der Waals surface area (Å²) < 4.78 is 0. The first-order chi connectivity index (χ1) is 10.3. The van der Waals surface area contributed by atoms with Gasteiger partial charge >= 0.3 is 0 Å².